The number of hydrogen-bond acceptors (Lipinski definition) is 2. The molecule has 2 rings (SSSR count). The van der Waals surface area contributed by atoms with Gasteiger partial charge < -0.3 is 5.32 Å². The molecule has 1 N–H and O–H groups in total. The summed E-state index contributed by atoms with van der Waals surface area (Å²) in [6.45, 7) is 5.66. The number of aromatic nitrogens is 2. The van der Waals surface area contributed by atoms with Gasteiger partial charge in [0.1, 0.15) is 0 Å². The van der Waals surface area contributed by atoms with Gasteiger partial charge in [0.2, 0.25) is 0 Å². The first kappa shape index (κ1) is 13.6. The lowest BCUT2D eigenvalue weighted by atomic mass is 9.93. The second-order valence-corrected chi connectivity index (χ2v) is 5.66. The minimum absolute atomic E-state index is 0.494. The summed E-state index contributed by atoms with van der Waals surface area (Å²) in [6, 6.07) is 2.67. The van der Waals surface area contributed by atoms with E-state index in [1.807, 2.05) is 10.9 Å². The fourth-order valence-corrected chi connectivity index (χ4v) is 3.29. The predicted molar refractivity (Wildman–Crippen MR) is 75.4 cm³/mol. The van der Waals surface area contributed by atoms with Crippen molar-refractivity contribution >= 4 is 0 Å². The summed E-state index contributed by atoms with van der Waals surface area (Å²) >= 11 is 0. The highest BCUT2D eigenvalue weighted by Gasteiger charge is 2.31. The molecule has 102 valence electrons. The molecular weight excluding hydrogens is 222 g/mol. The van der Waals surface area contributed by atoms with Gasteiger partial charge in [-0.1, -0.05) is 26.7 Å². The molecule has 1 aliphatic rings. The van der Waals surface area contributed by atoms with E-state index in [0.717, 1.165) is 18.4 Å². The van der Waals surface area contributed by atoms with E-state index >= 15 is 0 Å². The number of nitrogens with zero attached hydrogens (tertiary/aromatic N) is 2. The second kappa shape index (κ2) is 6.37. The molecule has 0 amide bonds. The molecule has 0 radical (unpaired) electrons. The second-order valence-electron chi connectivity index (χ2n) is 5.66. The highest BCUT2D eigenvalue weighted by Crippen LogP contribution is 2.40. The molecule has 3 unspecified atom stereocenters. The first-order chi connectivity index (χ1) is 8.76. The quantitative estimate of drug-likeness (QED) is 0.838. The lowest BCUT2D eigenvalue weighted by molar-refractivity contribution is 0.339. The van der Waals surface area contributed by atoms with Gasteiger partial charge in [-0.3, -0.25) is 4.68 Å². The summed E-state index contributed by atoms with van der Waals surface area (Å²) in [5.41, 5.74) is 1.35. The summed E-state index contributed by atoms with van der Waals surface area (Å²) in [5, 5.41) is 8.07. The van der Waals surface area contributed by atoms with Gasteiger partial charge in [0.25, 0.3) is 0 Å². The van der Waals surface area contributed by atoms with Crippen LogP contribution in [0.2, 0.25) is 0 Å². The molecule has 1 fully saturated rings. The van der Waals surface area contributed by atoms with E-state index in [9.17, 15) is 0 Å². The fourth-order valence-electron chi connectivity index (χ4n) is 3.29. The molecule has 3 atom stereocenters. The van der Waals surface area contributed by atoms with Crippen molar-refractivity contribution in [2.75, 3.05) is 6.54 Å². The van der Waals surface area contributed by atoms with Crippen molar-refractivity contribution in [1.82, 2.24) is 15.1 Å². The standard InChI is InChI=1S/C15H27N3/c1-4-9-16-15(14-8-10-17-18(14)3)13-7-6-12(5-2)11-13/h8,10,12-13,15-16H,4-7,9,11H2,1-3H3. The van der Waals surface area contributed by atoms with Crippen molar-refractivity contribution in [3.8, 4) is 0 Å². The monoisotopic (exact) mass is 249 g/mol. The smallest absolute Gasteiger partial charge is 0.0553 e. The topological polar surface area (TPSA) is 29.9 Å². The Morgan fingerprint density at radius 2 is 2.28 bits per heavy atom. The van der Waals surface area contributed by atoms with Crippen LogP contribution in [0.1, 0.15) is 57.7 Å². The molecular formula is C15H27N3. The van der Waals surface area contributed by atoms with Crippen LogP contribution in [0.25, 0.3) is 0 Å². The molecule has 1 aliphatic carbocycles. The lowest BCUT2D eigenvalue weighted by Gasteiger charge is -2.25. The number of hydrogen-bond donors (Lipinski definition) is 1. The van der Waals surface area contributed by atoms with Gasteiger partial charge in [-0.2, -0.15) is 5.10 Å². The molecule has 0 bridgehead atoms. The fraction of sp³-hybridized carbons (Fsp3) is 0.800. The van der Waals surface area contributed by atoms with Gasteiger partial charge in [0.15, 0.2) is 0 Å². The highest BCUT2D eigenvalue weighted by molar-refractivity contribution is 5.09. The maximum Gasteiger partial charge on any atom is 0.0553 e. The van der Waals surface area contributed by atoms with Crippen molar-refractivity contribution in [3.05, 3.63) is 18.0 Å². The van der Waals surface area contributed by atoms with Gasteiger partial charge in [0, 0.05) is 13.2 Å². The molecule has 3 nitrogen and oxygen atoms in total. The average Bonchev–Trinajstić information content (AvgIpc) is 3.00. The normalized spacial score (nSPS) is 25.5. The highest BCUT2D eigenvalue weighted by atomic mass is 15.3. The zero-order valence-corrected chi connectivity index (χ0v) is 12.0. The predicted octanol–water partition coefficient (Wildman–Crippen LogP) is 3.29. The zero-order valence-electron chi connectivity index (χ0n) is 12.0. The molecule has 0 spiro atoms. The Labute approximate surface area is 111 Å². The number of aryl methyl sites for hydroxylation is 1. The summed E-state index contributed by atoms with van der Waals surface area (Å²) in [4.78, 5) is 0. The van der Waals surface area contributed by atoms with E-state index < -0.39 is 0 Å². The molecule has 1 saturated carbocycles. The molecule has 1 heterocycles. The summed E-state index contributed by atoms with van der Waals surface area (Å²) in [6.07, 6.45) is 8.60. The van der Waals surface area contributed by atoms with Crippen LogP contribution in [0.15, 0.2) is 12.3 Å². The summed E-state index contributed by atoms with van der Waals surface area (Å²) in [5.74, 6) is 1.73. The van der Waals surface area contributed by atoms with Gasteiger partial charge in [-0.15, -0.1) is 0 Å². The Balaban J connectivity index is 2.08. The first-order valence-corrected chi connectivity index (χ1v) is 7.47. The van der Waals surface area contributed by atoms with E-state index in [1.165, 1.54) is 37.8 Å². The van der Waals surface area contributed by atoms with Crippen LogP contribution in [0.3, 0.4) is 0 Å². The molecule has 18 heavy (non-hydrogen) atoms. The van der Waals surface area contributed by atoms with E-state index in [2.05, 4.69) is 37.4 Å². The Morgan fingerprint density at radius 1 is 1.44 bits per heavy atom. The Bertz CT molecular complexity index is 358. The van der Waals surface area contributed by atoms with E-state index in [1.54, 1.807) is 0 Å². The van der Waals surface area contributed by atoms with Crippen LogP contribution in [-0.4, -0.2) is 16.3 Å². The van der Waals surface area contributed by atoms with E-state index in [4.69, 9.17) is 0 Å². The average molecular weight is 249 g/mol. The van der Waals surface area contributed by atoms with Crippen LogP contribution in [0, 0.1) is 11.8 Å². The van der Waals surface area contributed by atoms with Gasteiger partial charge >= 0.3 is 0 Å². The van der Waals surface area contributed by atoms with Crippen molar-refractivity contribution in [3.63, 3.8) is 0 Å². The van der Waals surface area contributed by atoms with Crippen LogP contribution >= 0.6 is 0 Å². The van der Waals surface area contributed by atoms with Gasteiger partial charge in [-0.25, -0.2) is 0 Å². The number of nitrogens with one attached hydrogen (secondary N) is 1. The van der Waals surface area contributed by atoms with Crippen LogP contribution < -0.4 is 5.32 Å². The Kier molecular flexibility index (Phi) is 4.81. The molecule has 0 saturated heterocycles. The minimum Gasteiger partial charge on any atom is -0.308 e. The van der Waals surface area contributed by atoms with Crippen LogP contribution in [0.5, 0.6) is 0 Å². The van der Waals surface area contributed by atoms with Gasteiger partial charge in [-0.05, 0) is 43.7 Å². The zero-order chi connectivity index (χ0) is 13.0. The third-order valence-electron chi connectivity index (χ3n) is 4.42. The van der Waals surface area contributed by atoms with E-state index in [0.29, 0.717) is 6.04 Å². The molecule has 0 aromatic carbocycles. The SMILES string of the molecule is CCCNC(c1ccnn1C)C1CCC(CC)C1. The molecule has 0 aliphatic heterocycles. The summed E-state index contributed by atoms with van der Waals surface area (Å²) < 4.78 is 2.03. The van der Waals surface area contributed by atoms with Crippen molar-refractivity contribution in [2.45, 2.75) is 52.0 Å². The maximum atomic E-state index is 4.33. The van der Waals surface area contributed by atoms with Crippen molar-refractivity contribution in [1.29, 1.82) is 0 Å². The molecule has 1 aromatic rings. The number of rotatable bonds is 6. The van der Waals surface area contributed by atoms with Crippen molar-refractivity contribution in [2.24, 2.45) is 18.9 Å². The molecule has 3 heteroatoms. The maximum absolute atomic E-state index is 4.33. The minimum atomic E-state index is 0.494. The molecule has 1 aromatic heterocycles. The first-order valence-electron chi connectivity index (χ1n) is 7.47. The third kappa shape index (κ3) is 2.94. The largest absolute Gasteiger partial charge is 0.308 e. The van der Waals surface area contributed by atoms with Gasteiger partial charge in [0.05, 0.1) is 11.7 Å². The summed E-state index contributed by atoms with van der Waals surface area (Å²) in [7, 11) is 2.06. The van der Waals surface area contributed by atoms with E-state index in [-0.39, 0.29) is 0 Å². The third-order valence-corrected chi connectivity index (χ3v) is 4.42. The lowest BCUT2D eigenvalue weighted by Crippen LogP contribution is -2.29. The van der Waals surface area contributed by atoms with Crippen molar-refractivity contribution < 1.29 is 0 Å². The van der Waals surface area contributed by atoms with Crippen LogP contribution in [0.4, 0.5) is 0 Å². The Hall–Kier alpha value is -0.830. The Morgan fingerprint density at radius 3 is 2.83 bits per heavy atom. The van der Waals surface area contributed by atoms with Crippen LogP contribution in [-0.2, 0) is 7.05 Å².